The molecule has 3 heteroatoms. The van der Waals surface area contributed by atoms with E-state index in [1.165, 1.54) is 23.9 Å². The van der Waals surface area contributed by atoms with Gasteiger partial charge in [0, 0.05) is 18.5 Å². The number of nitrogens with zero attached hydrogens (tertiary/aromatic N) is 2. The van der Waals surface area contributed by atoms with Gasteiger partial charge < -0.3 is 10.3 Å². The smallest absolute Gasteiger partial charge is 0.0955 e. The first-order valence-electron chi connectivity index (χ1n) is 5.81. The van der Waals surface area contributed by atoms with Gasteiger partial charge in [-0.1, -0.05) is 12.1 Å². The second kappa shape index (κ2) is 3.08. The summed E-state index contributed by atoms with van der Waals surface area (Å²) in [5, 5.41) is 0. The molecule has 1 unspecified atom stereocenters. The maximum absolute atomic E-state index is 6.13. The summed E-state index contributed by atoms with van der Waals surface area (Å²) in [6, 6.07) is 6.62. The molecule has 1 aliphatic rings. The van der Waals surface area contributed by atoms with E-state index in [0.29, 0.717) is 0 Å². The molecule has 2 N–H and O–H groups in total. The van der Waals surface area contributed by atoms with E-state index in [-0.39, 0.29) is 11.5 Å². The average molecular weight is 215 g/mol. The molecule has 1 aliphatic carbocycles. The van der Waals surface area contributed by atoms with Crippen LogP contribution in [0.2, 0.25) is 0 Å². The molecule has 84 valence electrons. The van der Waals surface area contributed by atoms with Gasteiger partial charge in [0.15, 0.2) is 0 Å². The lowest BCUT2D eigenvalue weighted by atomic mass is 9.88. The van der Waals surface area contributed by atoms with E-state index in [9.17, 15) is 0 Å². The highest BCUT2D eigenvalue weighted by molar-refractivity contribution is 5.81. The van der Waals surface area contributed by atoms with Gasteiger partial charge in [0.25, 0.3) is 0 Å². The number of hydrogen-bond acceptors (Lipinski definition) is 2. The van der Waals surface area contributed by atoms with E-state index in [2.05, 4.69) is 34.7 Å². The van der Waals surface area contributed by atoms with Crippen molar-refractivity contribution >= 4 is 11.0 Å². The predicted octanol–water partition coefficient (Wildman–Crippen LogP) is 1.95. The molecule has 1 heterocycles. The van der Waals surface area contributed by atoms with E-state index in [4.69, 9.17) is 5.73 Å². The van der Waals surface area contributed by atoms with E-state index < -0.39 is 0 Å². The normalized spacial score (nSPS) is 19.9. The van der Waals surface area contributed by atoms with Crippen LogP contribution in [0.1, 0.15) is 25.3 Å². The molecule has 2 aromatic rings. The van der Waals surface area contributed by atoms with E-state index in [0.717, 1.165) is 5.52 Å². The SMILES string of the molecule is CC(N)C1(c2cccc3c2ncn3C)CC1. The lowest BCUT2D eigenvalue weighted by Crippen LogP contribution is -2.31. The first-order chi connectivity index (χ1) is 7.65. The first-order valence-corrected chi connectivity index (χ1v) is 5.81. The van der Waals surface area contributed by atoms with E-state index in [1.54, 1.807) is 0 Å². The second-order valence-electron chi connectivity index (χ2n) is 4.97. The fourth-order valence-electron chi connectivity index (χ4n) is 2.66. The van der Waals surface area contributed by atoms with Crippen LogP contribution in [0.4, 0.5) is 0 Å². The third-order valence-electron chi connectivity index (χ3n) is 3.95. The van der Waals surface area contributed by atoms with Crippen LogP contribution in [0.15, 0.2) is 24.5 Å². The molecule has 0 aliphatic heterocycles. The van der Waals surface area contributed by atoms with Crippen LogP contribution >= 0.6 is 0 Å². The summed E-state index contributed by atoms with van der Waals surface area (Å²) in [5.74, 6) is 0. The molecule has 1 atom stereocenters. The van der Waals surface area contributed by atoms with Crippen LogP contribution in [0.25, 0.3) is 11.0 Å². The number of aromatic nitrogens is 2. The highest BCUT2D eigenvalue weighted by Gasteiger charge is 2.48. The van der Waals surface area contributed by atoms with Gasteiger partial charge in [-0.15, -0.1) is 0 Å². The van der Waals surface area contributed by atoms with Gasteiger partial charge in [-0.25, -0.2) is 4.98 Å². The molecule has 0 amide bonds. The van der Waals surface area contributed by atoms with Crippen molar-refractivity contribution in [1.29, 1.82) is 0 Å². The van der Waals surface area contributed by atoms with Crippen molar-refractivity contribution in [2.75, 3.05) is 0 Å². The van der Waals surface area contributed by atoms with Gasteiger partial charge in [0.1, 0.15) is 0 Å². The Hall–Kier alpha value is -1.35. The molecule has 3 rings (SSSR count). The molecule has 3 nitrogen and oxygen atoms in total. The number of para-hydroxylation sites is 1. The number of hydrogen-bond donors (Lipinski definition) is 1. The Morgan fingerprint density at radius 1 is 1.44 bits per heavy atom. The molecule has 1 aromatic carbocycles. The average Bonchev–Trinajstić information content (AvgIpc) is 3.00. The number of nitrogens with two attached hydrogens (primary N) is 1. The zero-order valence-corrected chi connectivity index (χ0v) is 9.77. The molecule has 1 saturated carbocycles. The van der Waals surface area contributed by atoms with E-state index in [1.807, 2.05) is 13.4 Å². The summed E-state index contributed by atoms with van der Waals surface area (Å²) in [6.45, 7) is 2.11. The molecule has 0 saturated heterocycles. The number of fused-ring (bicyclic) bond motifs is 1. The Morgan fingerprint density at radius 2 is 2.19 bits per heavy atom. The standard InChI is InChI=1S/C13H17N3/c1-9(14)13(6-7-13)10-4-3-5-11-12(10)15-8-16(11)2/h3-5,8-9H,6-7,14H2,1-2H3. The Balaban J connectivity index is 2.25. The number of imidazole rings is 1. The van der Waals surface area contributed by atoms with Crippen LogP contribution in [-0.4, -0.2) is 15.6 Å². The van der Waals surface area contributed by atoms with Crippen molar-refractivity contribution in [3.05, 3.63) is 30.1 Å². The molecule has 16 heavy (non-hydrogen) atoms. The summed E-state index contributed by atoms with van der Waals surface area (Å²) in [7, 11) is 2.03. The molecule has 0 spiro atoms. The zero-order chi connectivity index (χ0) is 11.3. The summed E-state index contributed by atoms with van der Waals surface area (Å²) in [5.41, 5.74) is 9.97. The Morgan fingerprint density at radius 3 is 2.81 bits per heavy atom. The first kappa shape index (κ1) is 9.85. The van der Waals surface area contributed by atoms with Crippen molar-refractivity contribution < 1.29 is 0 Å². The topological polar surface area (TPSA) is 43.8 Å². The minimum atomic E-state index is 0.188. The third-order valence-corrected chi connectivity index (χ3v) is 3.95. The maximum atomic E-state index is 6.13. The Bertz CT molecular complexity index is 535. The van der Waals surface area contributed by atoms with Crippen molar-refractivity contribution in [3.63, 3.8) is 0 Å². The lowest BCUT2D eigenvalue weighted by molar-refractivity contribution is 0.560. The van der Waals surface area contributed by atoms with Crippen LogP contribution in [-0.2, 0) is 12.5 Å². The van der Waals surface area contributed by atoms with Gasteiger partial charge in [-0.2, -0.15) is 0 Å². The Kier molecular flexibility index (Phi) is 1.89. The van der Waals surface area contributed by atoms with Gasteiger partial charge in [-0.05, 0) is 31.4 Å². The number of rotatable bonds is 2. The number of aryl methyl sites for hydroxylation is 1. The molecule has 0 bridgehead atoms. The fraction of sp³-hybridized carbons (Fsp3) is 0.462. The molecular weight excluding hydrogens is 198 g/mol. The summed E-state index contributed by atoms with van der Waals surface area (Å²) in [6.07, 6.45) is 4.27. The summed E-state index contributed by atoms with van der Waals surface area (Å²) >= 11 is 0. The highest BCUT2D eigenvalue weighted by Crippen LogP contribution is 2.51. The van der Waals surface area contributed by atoms with Crippen LogP contribution < -0.4 is 5.73 Å². The van der Waals surface area contributed by atoms with Crippen molar-refractivity contribution in [2.45, 2.75) is 31.2 Å². The van der Waals surface area contributed by atoms with Gasteiger partial charge in [0.2, 0.25) is 0 Å². The largest absolute Gasteiger partial charge is 0.334 e. The Labute approximate surface area is 95.3 Å². The van der Waals surface area contributed by atoms with Gasteiger partial charge in [-0.3, -0.25) is 0 Å². The molecule has 1 fully saturated rings. The minimum Gasteiger partial charge on any atom is -0.334 e. The van der Waals surface area contributed by atoms with Crippen LogP contribution in [0.3, 0.4) is 0 Å². The monoisotopic (exact) mass is 215 g/mol. The number of benzene rings is 1. The molecular formula is C13H17N3. The lowest BCUT2D eigenvalue weighted by Gasteiger charge is -2.20. The fourth-order valence-corrected chi connectivity index (χ4v) is 2.66. The minimum absolute atomic E-state index is 0.188. The van der Waals surface area contributed by atoms with Crippen LogP contribution in [0.5, 0.6) is 0 Å². The van der Waals surface area contributed by atoms with Crippen molar-refractivity contribution in [3.8, 4) is 0 Å². The summed E-state index contributed by atoms with van der Waals surface area (Å²) < 4.78 is 2.07. The zero-order valence-electron chi connectivity index (χ0n) is 9.77. The maximum Gasteiger partial charge on any atom is 0.0955 e. The van der Waals surface area contributed by atoms with Crippen molar-refractivity contribution in [1.82, 2.24) is 9.55 Å². The van der Waals surface area contributed by atoms with Crippen LogP contribution in [0, 0.1) is 0 Å². The molecule has 0 radical (unpaired) electrons. The quantitative estimate of drug-likeness (QED) is 0.832. The predicted molar refractivity (Wildman–Crippen MR) is 65.3 cm³/mol. The van der Waals surface area contributed by atoms with Crippen molar-refractivity contribution in [2.24, 2.45) is 12.8 Å². The van der Waals surface area contributed by atoms with Gasteiger partial charge in [0.05, 0.1) is 17.4 Å². The highest BCUT2D eigenvalue weighted by atomic mass is 15.0. The second-order valence-corrected chi connectivity index (χ2v) is 4.97. The van der Waals surface area contributed by atoms with E-state index >= 15 is 0 Å². The third kappa shape index (κ3) is 1.15. The summed E-state index contributed by atoms with van der Waals surface area (Å²) in [4.78, 5) is 4.51. The van der Waals surface area contributed by atoms with Gasteiger partial charge >= 0.3 is 0 Å². The molecule has 1 aromatic heterocycles.